The number of methoxy groups -OCH3 is 1. The zero-order chi connectivity index (χ0) is 20.5. The van der Waals surface area contributed by atoms with Crippen molar-refractivity contribution in [1.82, 2.24) is 9.80 Å². The van der Waals surface area contributed by atoms with Gasteiger partial charge in [0, 0.05) is 18.7 Å². The second kappa shape index (κ2) is 8.22. The molecule has 3 rings (SSSR count). The van der Waals surface area contributed by atoms with E-state index in [9.17, 15) is 18.0 Å². The molecule has 1 unspecified atom stereocenters. The second-order valence-electron chi connectivity index (χ2n) is 6.57. The van der Waals surface area contributed by atoms with Gasteiger partial charge in [0.25, 0.3) is 5.91 Å². The van der Waals surface area contributed by atoms with Crippen LogP contribution in [0.1, 0.15) is 12.0 Å². The van der Waals surface area contributed by atoms with Gasteiger partial charge in [-0.25, -0.2) is 8.42 Å². The van der Waals surface area contributed by atoms with Crippen molar-refractivity contribution in [3.8, 4) is 5.75 Å². The minimum absolute atomic E-state index is 0.0403. The van der Waals surface area contributed by atoms with E-state index in [1.165, 1.54) is 9.80 Å². The number of hydrogen-bond acceptors (Lipinski definition) is 7. The average Bonchev–Trinajstić information content (AvgIpc) is 3.15. The molecule has 0 N–H and O–H groups in total. The molecule has 7 nitrogen and oxygen atoms in total. The molecule has 28 heavy (non-hydrogen) atoms. The van der Waals surface area contributed by atoms with E-state index in [2.05, 4.69) is 0 Å². The van der Waals surface area contributed by atoms with Gasteiger partial charge < -0.3 is 9.64 Å². The van der Waals surface area contributed by atoms with Crippen molar-refractivity contribution in [3.05, 3.63) is 34.7 Å². The number of ether oxygens (including phenoxy) is 1. The first-order valence-electron chi connectivity index (χ1n) is 8.56. The summed E-state index contributed by atoms with van der Waals surface area (Å²) in [4.78, 5) is 28.4. The van der Waals surface area contributed by atoms with Gasteiger partial charge in [-0.15, -0.1) is 0 Å². The van der Waals surface area contributed by atoms with E-state index in [0.29, 0.717) is 21.4 Å². The monoisotopic (exact) mass is 440 g/mol. The van der Waals surface area contributed by atoms with E-state index in [0.717, 1.165) is 17.3 Å². The fourth-order valence-electron chi connectivity index (χ4n) is 3.09. The lowest BCUT2D eigenvalue weighted by molar-refractivity contribution is -0.135. The van der Waals surface area contributed by atoms with Crippen LogP contribution in [0, 0.1) is 0 Å². The highest BCUT2D eigenvalue weighted by Gasteiger charge is 2.37. The van der Waals surface area contributed by atoms with Gasteiger partial charge in [0.2, 0.25) is 5.91 Å². The van der Waals surface area contributed by atoms with Gasteiger partial charge in [0.15, 0.2) is 9.84 Å². The van der Waals surface area contributed by atoms with E-state index in [1.54, 1.807) is 26.3 Å². The van der Waals surface area contributed by atoms with E-state index in [-0.39, 0.29) is 35.9 Å². The highest BCUT2D eigenvalue weighted by Crippen LogP contribution is 2.34. The zero-order valence-electron chi connectivity index (χ0n) is 15.5. The number of thiocarbonyl (C=S) groups is 1. The molecule has 2 aliphatic rings. The molecule has 2 saturated heterocycles. The van der Waals surface area contributed by atoms with E-state index >= 15 is 0 Å². The van der Waals surface area contributed by atoms with Crippen LogP contribution in [0.2, 0.25) is 0 Å². The number of amides is 2. The van der Waals surface area contributed by atoms with Crippen LogP contribution in [0.3, 0.4) is 0 Å². The van der Waals surface area contributed by atoms with Crippen LogP contribution in [-0.4, -0.2) is 72.6 Å². The predicted octanol–water partition coefficient (Wildman–Crippen LogP) is 1.54. The molecule has 0 aromatic heterocycles. The maximum absolute atomic E-state index is 12.7. The molecular weight excluding hydrogens is 420 g/mol. The number of para-hydroxylation sites is 1. The fraction of sp³-hybridized carbons (Fsp3) is 0.389. The summed E-state index contributed by atoms with van der Waals surface area (Å²) in [7, 11) is 0.0187. The summed E-state index contributed by atoms with van der Waals surface area (Å²) < 4.78 is 28.9. The molecule has 0 saturated carbocycles. The summed E-state index contributed by atoms with van der Waals surface area (Å²) in [5, 5.41) is 0. The number of rotatable bonds is 5. The molecule has 2 amide bonds. The van der Waals surface area contributed by atoms with Gasteiger partial charge in [0.1, 0.15) is 16.6 Å². The number of carbonyl (C=O) groups is 2. The maximum atomic E-state index is 12.7. The summed E-state index contributed by atoms with van der Waals surface area (Å²) in [6.07, 6.45) is 2.10. The lowest BCUT2D eigenvalue weighted by Gasteiger charge is -2.25. The van der Waals surface area contributed by atoms with Crippen molar-refractivity contribution in [2.45, 2.75) is 12.5 Å². The summed E-state index contributed by atoms with van der Waals surface area (Å²) in [6, 6.07) is 6.92. The topological polar surface area (TPSA) is 84.0 Å². The minimum atomic E-state index is -3.10. The third-order valence-electron chi connectivity index (χ3n) is 4.74. The first-order valence-corrected chi connectivity index (χ1v) is 11.6. The molecule has 150 valence electrons. The number of sulfone groups is 1. The standard InChI is InChI=1S/C18H20N2O5S3/c1-19(13-7-8-28(23,24)11-13)16(21)10-20-17(22)15(27-18(20)26)9-12-5-3-4-6-14(12)25-2/h3-6,9,13H,7-8,10-11H2,1-2H3/b15-9+. The van der Waals surface area contributed by atoms with Gasteiger partial charge >= 0.3 is 0 Å². The Morgan fingerprint density at radius 1 is 1.43 bits per heavy atom. The number of benzene rings is 1. The van der Waals surface area contributed by atoms with Crippen molar-refractivity contribution in [3.63, 3.8) is 0 Å². The highest BCUT2D eigenvalue weighted by atomic mass is 32.2. The molecule has 0 bridgehead atoms. The average molecular weight is 441 g/mol. The summed E-state index contributed by atoms with van der Waals surface area (Å²) >= 11 is 6.41. The third-order valence-corrected chi connectivity index (χ3v) is 7.87. The van der Waals surface area contributed by atoms with Crippen molar-refractivity contribution in [1.29, 1.82) is 0 Å². The molecule has 0 aliphatic carbocycles. The molecule has 10 heteroatoms. The Labute approximate surface area is 173 Å². The first-order chi connectivity index (χ1) is 13.2. The van der Waals surface area contributed by atoms with Crippen molar-refractivity contribution < 1.29 is 22.7 Å². The third kappa shape index (κ3) is 4.39. The summed E-state index contributed by atoms with van der Waals surface area (Å²) in [5.41, 5.74) is 0.741. The molecule has 2 fully saturated rings. The smallest absolute Gasteiger partial charge is 0.266 e. The Morgan fingerprint density at radius 3 is 2.79 bits per heavy atom. The SMILES string of the molecule is COc1ccccc1/C=C1/SC(=S)N(CC(=O)N(C)C2CCS(=O)(=O)C2)C1=O. The Balaban J connectivity index is 1.72. The van der Waals surface area contributed by atoms with Gasteiger partial charge in [-0.3, -0.25) is 14.5 Å². The lowest BCUT2D eigenvalue weighted by atomic mass is 10.2. The molecule has 1 atom stereocenters. The minimum Gasteiger partial charge on any atom is -0.496 e. The maximum Gasteiger partial charge on any atom is 0.266 e. The van der Waals surface area contributed by atoms with Crippen LogP contribution in [0.4, 0.5) is 0 Å². The van der Waals surface area contributed by atoms with Crippen LogP contribution in [0.15, 0.2) is 29.2 Å². The number of likely N-dealkylation sites (N-methyl/N-ethyl adjacent to an activating group) is 1. The van der Waals surface area contributed by atoms with Gasteiger partial charge in [-0.2, -0.15) is 0 Å². The van der Waals surface area contributed by atoms with Crippen LogP contribution < -0.4 is 4.74 Å². The Bertz CT molecular complexity index is 958. The zero-order valence-corrected chi connectivity index (χ0v) is 17.9. The predicted molar refractivity (Wildman–Crippen MR) is 113 cm³/mol. The fourth-order valence-corrected chi connectivity index (χ4v) is 6.11. The molecule has 1 aromatic rings. The van der Waals surface area contributed by atoms with E-state index in [1.807, 2.05) is 18.2 Å². The molecule has 2 aliphatic heterocycles. The Kier molecular flexibility index (Phi) is 6.11. The molecule has 1 aromatic carbocycles. The number of carbonyl (C=O) groups excluding carboxylic acids is 2. The van der Waals surface area contributed by atoms with Gasteiger partial charge in [0.05, 0.1) is 23.5 Å². The van der Waals surface area contributed by atoms with Crippen molar-refractivity contribution in [2.75, 3.05) is 32.2 Å². The highest BCUT2D eigenvalue weighted by molar-refractivity contribution is 8.26. The van der Waals surface area contributed by atoms with E-state index in [4.69, 9.17) is 17.0 Å². The number of thioether (sulfide) groups is 1. The Morgan fingerprint density at radius 2 is 2.14 bits per heavy atom. The second-order valence-corrected chi connectivity index (χ2v) is 10.5. The lowest BCUT2D eigenvalue weighted by Crippen LogP contribution is -2.45. The van der Waals surface area contributed by atoms with Crippen molar-refractivity contribution >= 4 is 56.0 Å². The van der Waals surface area contributed by atoms with Crippen LogP contribution in [0.25, 0.3) is 6.08 Å². The molecular formula is C18H20N2O5S3. The van der Waals surface area contributed by atoms with Crippen molar-refractivity contribution in [2.24, 2.45) is 0 Å². The largest absolute Gasteiger partial charge is 0.496 e. The van der Waals surface area contributed by atoms with Crippen LogP contribution in [0.5, 0.6) is 5.75 Å². The van der Waals surface area contributed by atoms with Gasteiger partial charge in [-0.05, 0) is 18.6 Å². The molecule has 2 heterocycles. The summed E-state index contributed by atoms with van der Waals surface area (Å²) in [6.45, 7) is -0.207. The van der Waals surface area contributed by atoms with Crippen LogP contribution in [-0.2, 0) is 19.4 Å². The first kappa shape index (κ1) is 20.8. The number of hydrogen-bond donors (Lipinski definition) is 0. The Hall–Kier alpha value is -1.91. The summed E-state index contributed by atoms with van der Waals surface area (Å²) in [5.74, 6) is -0.0102. The van der Waals surface area contributed by atoms with Gasteiger partial charge in [-0.1, -0.05) is 42.2 Å². The molecule has 0 radical (unpaired) electrons. The van der Waals surface area contributed by atoms with Crippen LogP contribution >= 0.6 is 24.0 Å². The number of nitrogens with zero attached hydrogens (tertiary/aromatic N) is 2. The quantitative estimate of drug-likeness (QED) is 0.507. The normalized spacial score (nSPS) is 22.7. The van der Waals surface area contributed by atoms with E-state index < -0.39 is 9.84 Å². The molecule has 0 spiro atoms.